The summed E-state index contributed by atoms with van der Waals surface area (Å²) in [4.78, 5) is 15.9. The quantitative estimate of drug-likeness (QED) is 0.749. The van der Waals surface area contributed by atoms with Gasteiger partial charge in [-0.3, -0.25) is 9.78 Å². The summed E-state index contributed by atoms with van der Waals surface area (Å²) >= 11 is 0. The lowest BCUT2D eigenvalue weighted by atomic mass is 9.97. The third kappa shape index (κ3) is 3.44. The minimum absolute atomic E-state index is 0.139. The van der Waals surface area contributed by atoms with Gasteiger partial charge in [-0.1, -0.05) is 13.3 Å². The van der Waals surface area contributed by atoms with Gasteiger partial charge in [-0.2, -0.15) is 0 Å². The van der Waals surface area contributed by atoms with E-state index < -0.39 is 0 Å². The monoisotopic (exact) mass is 206 g/mol. The number of nitrogens with two attached hydrogens (primary N) is 1. The van der Waals surface area contributed by atoms with E-state index in [2.05, 4.69) is 11.9 Å². The van der Waals surface area contributed by atoms with Crippen molar-refractivity contribution in [1.29, 1.82) is 0 Å². The minimum atomic E-state index is 0.139. The van der Waals surface area contributed by atoms with Gasteiger partial charge in [0.25, 0.3) is 0 Å². The Hall–Kier alpha value is -1.22. The zero-order valence-electron chi connectivity index (χ0n) is 9.36. The minimum Gasteiger partial charge on any atom is -0.330 e. The first-order valence-corrected chi connectivity index (χ1v) is 5.33. The molecule has 0 aliphatic heterocycles. The molecule has 0 fully saturated rings. The van der Waals surface area contributed by atoms with E-state index in [1.165, 1.54) is 0 Å². The number of nitrogens with zero attached hydrogens (tertiary/aromatic N) is 1. The summed E-state index contributed by atoms with van der Waals surface area (Å²) in [5.74, 6) is 0.429. The van der Waals surface area contributed by atoms with Gasteiger partial charge >= 0.3 is 0 Å². The van der Waals surface area contributed by atoms with Crippen LogP contribution in [0.5, 0.6) is 0 Å². The molecule has 0 bridgehead atoms. The maximum Gasteiger partial charge on any atom is 0.164 e. The second kappa shape index (κ2) is 5.61. The van der Waals surface area contributed by atoms with Crippen LogP contribution in [0.1, 0.15) is 35.8 Å². The number of hydrogen-bond acceptors (Lipinski definition) is 3. The molecule has 1 atom stereocenters. The third-order valence-electron chi connectivity index (χ3n) is 2.62. The Morgan fingerprint density at radius 1 is 1.53 bits per heavy atom. The van der Waals surface area contributed by atoms with Gasteiger partial charge in [0.15, 0.2) is 5.78 Å². The Labute approximate surface area is 90.7 Å². The van der Waals surface area contributed by atoms with E-state index in [0.29, 0.717) is 24.4 Å². The van der Waals surface area contributed by atoms with Gasteiger partial charge in [-0.05, 0) is 31.5 Å². The fraction of sp³-hybridized carbons (Fsp3) is 0.500. The zero-order valence-corrected chi connectivity index (χ0v) is 9.36. The van der Waals surface area contributed by atoms with Crippen molar-refractivity contribution in [3.63, 3.8) is 0 Å². The van der Waals surface area contributed by atoms with Crippen molar-refractivity contribution in [1.82, 2.24) is 4.98 Å². The SMILES string of the molecule is CCC(CN)CC(=O)c1ccc(C)nc1. The smallest absolute Gasteiger partial charge is 0.164 e. The molecule has 3 nitrogen and oxygen atoms in total. The molecule has 2 N–H and O–H groups in total. The molecular formula is C12H18N2O. The number of ketones is 1. The van der Waals surface area contributed by atoms with Crippen molar-refractivity contribution >= 4 is 5.78 Å². The van der Waals surface area contributed by atoms with Gasteiger partial charge < -0.3 is 5.73 Å². The summed E-state index contributed by atoms with van der Waals surface area (Å²) in [6.07, 6.45) is 3.11. The largest absolute Gasteiger partial charge is 0.330 e. The molecule has 0 aliphatic carbocycles. The highest BCUT2D eigenvalue weighted by Crippen LogP contribution is 2.11. The number of rotatable bonds is 5. The summed E-state index contributed by atoms with van der Waals surface area (Å²) in [5, 5.41) is 0. The first-order chi connectivity index (χ1) is 7.17. The molecule has 0 aromatic carbocycles. The molecule has 0 saturated heterocycles. The topological polar surface area (TPSA) is 56.0 Å². The van der Waals surface area contributed by atoms with Crippen molar-refractivity contribution in [2.24, 2.45) is 11.7 Å². The lowest BCUT2D eigenvalue weighted by Gasteiger charge is -2.10. The average molecular weight is 206 g/mol. The van der Waals surface area contributed by atoms with E-state index >= 15 is 0 Å². The molecular weight excluding hydrogens is 188 g/mol. The Balaban J connectivity index is 2.64. The molecule has 1 aromatic heterocycles. The van der Waals surface area contributed by atoms with Crippen LogP contribution in [0.2, 0.25) is 0 Å². The summed E-state index contributed by atoms with van der Waals surface area (Å²) in [6.45, 7) is 4.53. The molecule has 0 radical (unpaired) electrons. The van der Waals surface area contributed by atoms with Gasteiger partial charge in [0.1, 0.15) is 0 Å². The van der Waals surface area contributed by atoms with Gasteiger partial charge in [0.05, 0.1) is 0 Å². The fourth-order valence-electron chi connectivity index (χ4n) is 1.41. The molecule has 0 spiro atoms. The molecule has 0 aliphatic rings. The van der Waals surface area contributed by atoms with E-state index in [-0.39, 0.29) is 5.78 Å². The summed E-state index contributed by atoms with van der Waals surface area (Å²) in [5.41, 5.74) is 7.18. The summed E-state index contributed by atoms with van der Waals surface area (Å²) in [7, 11) is 0. The highest BCUT2D eigenvalue weighted by Gasteiger charge is 2.12. The molecule has 0 saturated carbocycles. The number of aromatic nitrogens is 1. The highest BCUT2D eigenvalue weighted by atomic mass is 16.1. The summed E-state index contributed by atoms with van der Waals surface area (Å²) < 4.78 is 0. The first kappa shape index (κ1) is 11.9. The number of aryl methyl sites for hydroxylation is 1. The predicted molar refractivity (Wildman–Crippen MR) is 60.8 cm³/mol. The lowest BCUT2D eigenvalue weighted by molar-refractivity contribution is 0.0961. The van der Waals surface area contributed by atoms with Crippen LogP contribution in [0, 0.1) is 12.8 Å². The Bertz CT molecular complexity index is 315. The Morgan fingerprint density at radius 3 is 2.73 bits per heavy atom. The molecule has 0 amide bonds. The van der Waals surface area contributed by atoms with Crippen molar-refractivity contribution < 1.29 is 4.79 Å². The second-order valence-electron chi connectivity index (χ2n) is 3.83. The molecule has 82 valence electrons. The molecule has 1 heterocycles. The number of hydrogen-bond donors (Lipinski definition) is 1. The molecule has 1 unspecified atom stereocenters. The number of carbonyl (C=O) groups excluding carboxylic acids is 1. The van der Waals surface area contributed by atoms with E-state index in [1.807, 2.05) is 19.1 Å². The van der Waals surface area contributed by atoms with Gasteiger partial charge in [0, 0.05) is 23.9 Å². The van der Waals surface area contributed by atoms with Crippen LogP contribution in [-0.4, -0.2) is 17.3 Å². The van der Waals surface area contributed by atoms with E-state index in [0.717, 1.165) is 12.1 Å². The van der Waals surface area contributed by atoms with Gasteiger partial charge in [0.2, 0.25) is 0 Å². The molecule has 3 heteroatoms. The van der Waals surface area contributed by atoms with Crippen molar-refractivity contribution in [2.45, 2.75) is 26.7 Å². The number of Topliss-reactive ketones (excluding diaryl/α,β-unsaturated/α-hetero) is 1. The van der Waals surface area contributed by atoms with Crippen LogP contribution in [0.15, 0.2) is 18.3 Å². The zero-order chi connectivity index (χ0) is 11.3. The Morgan fingerprint density at radius 2 is 2.27 bits per heavy atom. The predicted octanol–water partition coefficient (Wildman–Crippen LogP) is 1.95. The number of pyridine rings is 1. The van der Waals surface area contributed by atoms with Crippen LogP contribution in [-0.2, 0) is 0 Å². The van der Waals surface area contributed by atoms with Crippen LogP contribution in [0.4, 0.5) is 0 Å². The average Bonchev–Trinajstić information content (AvgIpc) is 2.26. The van der Waals surface area contributed by atoms with Crippen LogP contribution < -0.4 is 5.73 Å². The first-order valence-electron chi connectivity index (χ1n) is 5.33. The molecule has 1 rings (SSSR count). The van der Waals surface area contributed by atoms with E-state index in [4.69, 9.17) is 5.73 Å². The normalized spacial score (nSPS) is 12.5. The van der Waals surface area contributed by atoms with Crippen LogP contribution >= 0.6 is 0 Å². The second-order valence-corrected chi connectivity index (χ2v) is 3.83. The van der Waals surface area contributed by atoms with Gasteiger partial charge in [-0.15, -0.1) is 0 Å². The molecule has 15 heavy (non-hydrogen) atoms. The van der Waals surface area contributed by atoms with Gasteiger partial charge in [-0.25, -0.2) is 0 Å². The maximum atomic E-state index is 11.8. The summed E-state index contributed by atoms with van der Waals surface area (Å²) in [6, 6.07) is 3.69. The van der Waals surface area contributed by atoms with Crippen molar-refractivity contribution in [3.8, 4) is 0 Å². The maximum absolute atomic E-state index is 11.8. The van der Waals surface area contributed by atoms with E-state index in [1.54, 1.807) is 6.20 Å². The van der Waals surface area contributed by atoms with Crippen molar-refractivity contribution in [2.75, 3.05) is 6.54 Å². The lowest BCUT2D eigenvalue weighted by Crippen LogP contribution is -2.17. The van der Waals surface area contributed by atoms with Crippen molar-refractivity contribution in [3.05, 3.63) is 29.6 Å². The van der Waals surface area contributed by atoms with E-state index in [9.17, 15) is 4.79 Å². The highest BCUT2D eigenvalue weighted by molar-refractivity contribution is 5.95. The standard InChI is InChI=1S/C12H18N2O/c1-3-10(7-13)6-12(15)11-5-4-9(2)14-8-11/h4-5,8,10H,3,6-7,13H2,1-2H3. The third-order valence-corrected chi connectivity index (χ3v) is 2.62. The Kier molecular flexibility index (Phi) is 4.43. The van der Waals surface area contributed by atoms with Crippen LogP contribution in [0.3, 0.4) is 0 Å². The van der Waals surface area contributed by atoms with Crippen LogP contribution in [0.25, 0.3) is 0 Å². The molecule has 1 aromatic rings. The number of carbonyl (C=O) groups is 1. The fourth-order valence-corrected chi connectivity index (χ4v) is 1.41.